The fourth-order valence-corrected chi connectivity index (χ4v) is 2.64. The number of alkyl halides is 2. The molecule has 0 spiro atoms. The van der Waals surface area contributed by atoms with Crippen LogP contribution in [0.4, 0.5) is 8.78 Å². The fourth-order valence-electron chi connectivity index (χ4n) is 2.64. The van der Waals surface area contributed by atoms with Crippen LogP contribution in [-0.2, 0) is 6.54 Å². The summed E-state index contributed by atoms with van der Waals surface area (Å²) in [5, 5.41) is 10.6. The normalized spacial score (nSPS) is 12.7. The van der Waals surface area contributed by atoms with E-state index < -0.39 is 12.5 Å². The van der Waals surface area contributed by atoms with Gasteiger partial charge in [0.15, 0.2) is 0 Å². The van der Waals surface area contributed by atoms with Gasteiger partial charge in [-0.2, -0.15) is 23.7 Å². The smallest absolute Gasteiger partial charge is 0.333 e. The van der Waals surface area contributed by atoms with Gasteiger partial charge in [0.2, 0.25) is 0 Å². The average Bonchev–Trinajstić information content (AvgIpc) is 3.03. The quantitative estimate of drug-likeness (QED) is 0.923. The molecular formula is C14H19F2N5O. The Balaban J connectivity index is 2.22. The van der Waals surface area contributed by atoms with Crippen LogP contribution in [0.2, 0.25) is 0 Å². The molecule has 0 unspecified atom stereocenters. The van der Waals surface area contributed by atoms with E-state index in [1.54, 1.807) is 6.92 Å². The van der Waals surface area contributed by atoms with Crippen LogP contribution in [0.15, 0.2) is 12.3 Å². The Morgan fingerprint density at radius 1 is 1.41 bits per heavy atom. The lowest BCUT2D eigenvalue weighted by molar-refractivity contribution is 0.0507. The maximum atomic E-state index is 12.8. The highest BCUT2D eigenvalue weighted by Crippen LogP contribution is 2.22. The topological polar surface area (TPSA) is 64.7 Å². The lowest BCUT2D eigenvalue weighted by Crippen LogP contribution is -2.29. The first kappa shape index (κ1) is 16.1. The number of aryl methyl sites for hydroxylation is 2. The second-order valence-electron chi connectivity index (χ2n) is 5.03. The van der Waals surface area contributed by atoms with Crippen LogP contribution >= 0.6 is 0 Å². The van der Waals surface area contributed by atoms with Gasteiger partial charge in [-0.15, -0.1) is 0 Å². The van der Waals surface area contributed by atoms with Gasteiger partial charge in [-0.25, -0.2) is 0 Å². The highest BCUT2D eigenvalue weighted by atomic mass is 19.3. The van der Waals surface area contributed by atoms with Crippen molar-refractivity contribution in [2.75, 3.05) is 0 Å². The number of hydrogen-bond donors (Lipinski definition) is 1. The first-order valence-electron chi connectivity index (χ1n) is 7.03. The van der Waals surface area contributed by atoms with Gasteiger partial charge in [-0.05, 0) is 33.8 Å². The van der Waals surface area contributed by atoms with Crippen LogP contribution in [0.3, 0.4) is 0 Å². The second-order valence-corrected chi connectivity index (χ2v) is 5.03. The molecular weight excluding hydrogens is 292 g/mol. The van der Waals surface area contributed by atoms with E-state index in [0.717, 1.165) is 23.5 Å². The first-order valence-corrected chi connectivity index (χ1v) is 7.03. The number of hydrogen-bond acceptors (Lipinski definition) is 3. The number of aromatic nitrogens is 4. The van der Waals surface area contributed by atoms with Gasteiger partial charge in [-0.1, -0.05) is 0 Å². The third-order valence-electron chi connectivity index (χ3n) is 3.61. The van der Waals surface area contributed by atoms with E-state index in [1.807, 2.05) is 25.5 Å². The van der Waals surface area contributed by atoms with Gasteiger partial charge in [0, 0.05) is 24.0 Å². The Bertz CT molecular complexity index is 677. The highest BCUT2D eigenvalue weighted by molar-refractivity contribution is 5.92. The number of nitrogens with zero attached hydrogens (tertiary/aromatic N) is 4. The molecule has 0 bridgehead atoms. The zero-order valence-electron chi connectivity index (χ0n) is 13.0. The van der Waals surface area contributed by atoms with Crippen LogP contribution in [-0.4, -0.2) is 25.5 Å². The molecule has 2 rings (SSSR count). The van der Waals surface area contributed by atoms with Crippen molar-refractivity contribution in [3.05, 3.63) is 34.9 Å². The largest absolute Gasteiger partial charge is 0.344 e. The van der Waals surface area contributed by atoms with Crippen LogP contribution in [0.1, 0.15) is 53.9 Å². The zero-order valence-corrected chi connectivity index (χ0v) is 13.0. The van der Waals surface area contributed by atoms with E-state index in [0.29, 0.717) is 4.68 Å². The molecule has 0 aliphatic rings. The van der Waals surface area contributed by atoms with E-state index in [2.05, 4.69) is 15.5 Å². The molecule has 22 heavy (non-hydrogen) atoms. The summed E-state index contributed by atoms with van der Waals surface area (Å²) in [7, 11) is 0. The molecule has 6 nitrogen and oxygen atoms in total. The molecule has 8 heteroatoms. The number of carbonyl (C=O) groups excluding carboxylic acids is 1. The lowest BCUT2D eigenvalue weighted by atomic mass is 10.1. The van der Waals surface area contributed by atoms with Crippen LogP contribution in [0, 0.1) is 13.8 Å². The van der Waals surface area contributed by atoms with Crippen molar-refractivity contribution in [3.63, 3.8) is 0 Å². The molecule has 0 fully saturated rings. The number of halogens is 2. The molecule has 0 aromatic carbocycles. The molecule has 0 radical (unpaired) electrons. The van der Waals surface area contributed by atoms with Gasteiger partial charge in [-0.3, -0.25) is 9.48 Å². The maximum Gasteiger partial charge on any atom is 0.333 e. The van der Waals surface area contributed by atoms with E-state index in [-0.39, 0.29) is 11.7 Å². The number of rotatable bonds is 5. The van der Waals surface area contributed by atoms with E-state index >= 15 is 0 Å². The van der Waals surface area contributed by atoms with Gasteiger partial charge < -0.3 is 5.32 Å². The first-order chi connectivity index (χ1) is 10.4. The van der Waals surface area contributed by atoms with Crippen molar-refractivity contribution < 1.29 is 13.6 Å². The monoisotopic (exact) mass is 311 g/mol. The molecule has 1 amide bonds. The molecule has 1 N–H and O–H groups in total. The Kier molecular flexibility index (Phi) is 4.58. The van der Waals surface area contributed by atoms with Gasteiger partial charge in [0.25, 0.3) is 5.91 Å². The zero-order chi connectivity index (χ0) is 16.4. The highest BCUT2D eigenvalue weighted by Gasteiger charge is 2.22. The Morgan fingerprint density at radius 2 is 2.09 bits per heavy atom. The SMILES string of the molecule is CCn1nc(C)c([C@@H](C)NC(=O)c2ccnn2C(F)F)c1C. The molecule has 2 aromatic rings. The minimum atomic E-state index is -2.85. The standard InChI is InChI=1S/C14H19F2N5O/c1-5-20-10(4)12(9(3)19-20)8(2)18-13(22)11-6-7-17-21(11)14(15)16/h6-8,14H,5H2,1-4H3,(H,18,22)/t8-/m1/s1. The second kappa shape index (κ2) is 6.25. The van der Waals surface area contributed by atoms with Crippen molar-refractivity contribution in [1.82, 2.24) is 24.9 Å². The Labute approximate surface area is 127 Å². The third-order valence-corrected chi connectivity index (χ3v) is 3.61. The summed E-state index contributed by atoms with van der Waals surface area (Å²) in [6.07, 6.45) is 1.18. The molecule has 2 aromatic heterocycles. The molecule has 120 valence electrons. The van der Waals surface area contributed by atoms with Gasteiger partial charge in [0.1, 0.15) is 5.69 Å². The summed E-state index contributed by atoms with van der Waals surface area (Å²) >= 11 is 0. The number of nitrogens with one attached hydrogen (secondary N) is 1. The minimum absolute atomic E-state index is 0.167. The number of amides is 1. The predicted molar refractivity (Wildman–Crippen MR) is 76.7 cm³/mol. The molecule has 2 heterocycles. The van der Waals surface area contributed by atoms with Crippen molar-refractivity contribution in [2.45, 2.75) is 46.8 Å². The summed E-state index contributed by atoms with van der Waals surface area (Å²) in [5.74, 6) is -0.589. The lowest BCUT2D eigenvalue weighted by Gasteiger charge is -2.15. The molecule has 0 saturated heterocycles. The molecule has 0 saturated carbocycles. The summed E-state index contributed by atoms with van der Waals surface area (Å²) in [6, 6.07) is 0.928. The summed E-state index contributed by atoms with van der Waals surface area (Å²) in [4.78, 5) is 12.2. The van der Waals surface area contributed by atoms with E-state index in [1.165, 1.54) is 12.3 Å². The van der Waals surface area contributed by atoms with Crippen LogP contribution in [0.25, 0.3) is 0 Å². The summed E-state index contributed by atoms with van der Waals surface area (Å²) < 4.78 is 27.8. The van der Waals surface area contributed by atoms with Crippen molar-refractivity contribution >= 4 is 5.91 Å². The Hall–Kier alpha value is -2.25. The third kappa shape index (κ3) is 2.86. The van der Waals surface area contributed by atoms with E-state index in [9.17, 15) is 13.6 Å². The van der Waals surface area contributed by atoms with Crippen molar-refractivity contribution in [2.24, 2.45) is 0 Å². The molecule has 0 aliphatic heterocycles. The average molecular weight is 311 g/mol. The molecule has 1 atom stereocenters. The Morgan fingerprint density at radius 3 is 2.64 bits per heavy atom. The van der Waals surface area contributed by atoms with Crippen molar-refractivity contribution in [3.8, 4) is 0 Å². The van der Waals surface area contributed by atoms with Crippen LogP contribution in [0.5, 0.6) is 0 Å². The van der Waals surface area contributed by atoms with Gasteiger partial charge in [0.05, 0.1) is 11.7 Å². The summed E-state index contributed by atoms with van der Waals surface area (Å²) in [6.45, 7) is 5.44. The fraction of sp³-hybridized carbons (Fsp3) is 0.500. The maximum absolute atomic E-state index is 12.8. The van der Waals surface area contributed by atoms with Crippen molar-refractivity contribution in [1.29, 1.82) is 0 Å². The number of carbonyl (C=O) groups is 1. The predicted octanol–water partition coefficient (Wildman–Crippen LogP) is 2.60. The minimum Gasteiger partial charge on any atom is -0.344 e. The van der Waals surface area contributed by atoms with Gasteiger partial charge >= 0.3 is 6.55 Å². The molecule has 0 aliphatic carbocycles. The van der Waals surface area contributed by atoms with Crippen LogP contribution < -0.4 is 5.32 Å². The summed E-state index contributed by atoms with van der Waals surface area (Å²) in [5.41, 5.74) is 2.50. The van der Waals surface area contributed by atoms with E-state index in [4.69, 9.17) is 0 Å².